The minimum atomic E-state index is -0.284. The van der Waals surface area contributed by atoms with E-state index < -0.39 is 0 Å². The predicted octanol–water partition coefficient (Wildman–Crippen LogP) is 2.00. The van der Waals surface area contributed by atoms with Crippen LogP contribution in [-0.2, 0) is 11.2 Å². The summed E-state index contributed by atoms with van der Waals surface area (Å²) in [5.74, 6) is 0. The summed E-state index contributed by atoms with van der Waals surface area (Å²) >= 11 is 0. The van der Waals surface area contributed by atoms with Crippen LogP contribution in [0.2, 0.25) is 0 Å². The van der Waals surface area contributed by atoms with E-state index in [0.29, 0.717) is 6.42 Å². The van der Waals surface area contributed by atoms with Crippen molar-refractivity contribution in [2.75, 3.05) is 13.2 Å². The molecule has 1 N–H and O–H groups in total. The van der Waals surface area contributed by atoms with Crippen LogP contribution in [0.1, 0.15) is 25.3 Å². The first-order valence-electron chi connectivity index (χ1n) is 5.09. The molecule has 3 heteroatoms. The average Bonchev–Trinajstić information content (AvgIpc) is 2.65. The van der Waals surface area contributed by atoms with Gasteiger partial charge < -0.3 is 14.3 Å². The molecule has 0 amide bonds. The molecule has 1 aromatic heterocycles. The molecule has 0 bridgehead atoms. The van der Waals surface area contributed by atoms with Gasteiger partial charge in [-0.2, -0.15) is 0 Å². The van der Waals surface area contributed by atoms with Gasteiger partial charge in [0, 0.05) is 19.6 Å². The van der Waals surface area contributed by atoms with Gasteiger partial charge in [0.2, 0.25) is 0 Å². The van der Waals surface area contributed by atoms with Gasteiger partial charge in [0.05, 0.1) is 18.6 Å². The fraction of sp³-hybridized carbons (Fsp3) is 0.636. The van der Waals surface area contributed by atoms with Crippen molar-refractivity contribution < 1.29 is 14.3 Å². The van der Waals surface area contributed by atoms with Gasteiger partial charge in [0.25, 0.3) is 0 Å². The summed E-state index contributed by atoms with van der Waals surface area (Å²) in [4.78, 5) is 0. The third-order valence-electron chi connectivity index (χ3n) is 2.08. The van der Waals surface area contributed by atoms with Crippen molar-refractivity contribution in [2.45, 2.75) is 32.3 Å². The van der Waals surface area contributed by atoms with E-state index in [1.165, 1.54) is 0 Å². The zero-order valence-electron chi connectivity index (χ0n) is 8.61. The first kappa shape index (κ1) is 11.3. The highest BCUT2D eigenvalue weighted by atomic mass is 16.5. The number of hydrogen-bond acceptors (Lipinski definition) is 3. The Balaban J connectivity index is 2.07. The highest BCUT2D eigenvalue weighted by Gasteiger charge is 2.05. The van der Waals surface area contributed by atoms with Crippen LogP contribution in [0.15, 0.2) is 23.0 Å². The summed E-state index contributed by atoms with van der Waals surface area (Å²) in [6, 6.07) is 1.88. The normalized spacial score (nSPS) is 13.0. The van der Waals surface area contributed by atoms with E-state index in [9.17, 15) is 5.11 Å². The lowest BCUT2D eigenvalue weighted by molar-refractivity contribution is 0.114. The average molecular weight is 198 g/mol. The summed E-state index contributed by atoms with van der Waals surface area (Å²) in [7, 11) is 0. The molecule has 0 fully saturated rings. The van der Waals surface area contributed by atoms with Crippen LogP contribution < -0.4 is 0 Å². The zero-order valence-corrected chi connectivity index (χ0v) is 8.61. The van der Waals surface area contributed by atoms with Crippen LogP contribution >= 0.6 is 0 Å². The molecular formula is C11H18O3. The smallest absolute Gasteiger partial charge is 0.0935 e. The third kappa shape index (κ3) is 4.44. The standard InChI is InChI=1S/C11H18O3/c1-2-13-6-3-4-11(12)8-10-5-7-14-9-10/h5,7,9,11-12H,2-4,6,8H2,1H3. The molecule has 0 aromatic carbocycles. The first-order chi connectivity index (χ1) is 6.83. The van der Waals surface area contributed by atoms with Crippen LogP contribution in [-0.4, -0.2) is 24.4 Å². The molecule has 1 atom stereocenters. The molecule has 1 heterocycles. The molecule has 1 aromatic rings. The Hall–Kier alpha value is -0.800. The zero-order chi connectivity index (χ0) is 10.2. The van der Waals surface area contributed by atoms with E-state index in [1.54, 1.807) is 12.5 Å². The van der Waals surface area contributed by atoms with Crippen molar-refractivity contribution in [2.24, 2.45) is 0 Å². The van der Waals surface area contributed by atoms with Gasteiger partial charge in [0.15, 0.2) is 0 Å². The third-order valence-corrected chi connectivity index (χ3v) is 2.08. The van der Waals surface area contributed by atoms with Crippen molar-refractivity contribution in [1.29, 1.82) is 0 Å². The topological polar surface area (TPSA) is 42.6 Å². The quantitative estimate of drug-likeness (QED) is 0.681. The lowest BCUT2D eigenvalue weighted by Gasteiger charge is -2.08. The Labute approximate surface area is 84.7 Å². The molecule has 3 nitrogen and oxygen atoms in total. The number of hydrogen-bond donors (Lipinski definition) is 1. The molecule has 80 valence electrons. The number of ether oxygens (including phenoxy) is 1. The monoisotopic (exact) mass is 198 g/mol. The van der Waals surface area contributed by atoms with Gasteiger partial charge >= 0.3 is 0 Å². The second-order valence-corrected chi connectivity index (χ2v) is 3.33. The number of rotatable bonds is 7. The molecule has 0 saturated carbocycles. The number of aliphatic hydroxyl groups is 1. The van der Waals surface area contributed by atoms with Crippen LogP contribution in [0, 0.1) is 0 Å². The van der Waals surface area contributed by atoms with Crippen molar-refractivity contribution in [1.82, 2.24) is 0 Å². The first-order valence-corrected chi connectivity index (χ1v) is 5.09. The van der Waals surface area contributed by atoms with Gasteiger partial charge in [0.1, 0.15) is 0 Å². The Bertz CT molecular complexity index is 218. The maximum absolute atomic E-state index is 9.62. The van der Waals surface area contributed by atoms with E-state index in [1.807, 2.05) is 13.0 Å². The van der Waals surface area contributed by atoms with E-state index in [0.717, 1.165) is 31.6 Å². The van der Waals surface area contributed by atoms with E-state index >= 15 is 0 Å². The van der Waals surface area contributed by atoms with Crippen molar-refractivity contribution >= 4 is 0 Å². The van der Waals surface area contributed by atoms with E-state index in [-0.39, 0.29) is 6.10 Å². The van der Waals surface area contributed by atoms with Crippen molar-refractivity contribution in [3.8, 4) is 0 Å². The highest BCUT2D eigenvalue weighted by Crippen LogP contribution is 2.08. The largest absolute Gasteiger partial charge is 0.472 e. The summed E-state index contributed by atoms with van der Waals surface area (Å²) in [6.45, 7) is 3.46. The minimum absolute atomic E-state index is 0.284. The van der Waals surface area contributed by atoms with Crippen LogP contribution in [0.3, 0.4) is 0 Å². The molecule has 0 aliphatic heterocycles. The maximum Gasteiger partial charge on any atom is 0.0935 e. The Morgan fingerprint density at radius 1 is 1.57 bits per heavy atom. The molecule has 0 aliphatic carbocycles. The summed E-state index contributed by atoms with van der Waals surface area (Å²) in [6.07, 6.45) is 5.38. The Morgan fingerprint density at radius 2 is 2.43 bits per heavy atom. The van der Waals surface area contributed by atoms with Crippen molar-refractivity contribution in [3.63, 3.8) is 0 Å². The predicted molar refractivity (Wildman–Crippen MR) is 54.1 cm³/mol. The minimum Gasteiger partial charge on any atom is -0.472 e. The second kappa shape index (κ2) is 6.62. The molecule has 0 spiro atoms. The number of furan rings is 1. The molecular weight excluding hydrogens is 180 g/mol. The van der Waals surface area contributed by atoms with Crippen LogP contribution in [0.4, 0.5) is 0 Å². The fourth-order valence-electron chi connectivity index (χ4n) is 1.35. The van der Waals surface area contributed by atoms with Gasteiger partial charge in [-0.15, -0.1) is 0 Å². The van der Waals surface area contributed by atoms with Crippen LogP contribution in [0.25, 0.3) is 0 Å². The van der Waals surface area contributed by atoms with Gasteiger partial charge in [-0.1, -0.05) is 0 Å². The summed E-state index contributed by atoms with van der Waals surface area (Å²) in [5, 5.41) is 9.62. The lowest BCUT2D eigenvalue weighted by Crippen LogP contribution is -2.11. The second-order valence-electron chi connectivity index (χ2n) is 3.33. The van der Waals surface area contributed by atoms with Gasteiger partial charge in [-0.05, 0) is 31.4 Å². The Kier molecular flexibility index (Phi) is 5.33. The number of aliphatic hydroxyl groups excluding tert-OH is 1. The SMILES string of the molecule is CCOCCCC(O)Cc1ccoc1. The highest BCUT2D eigenvalue weighted by molar-refractivity contribution is 5.06. The molecule has 0 aliphatic rings. The van der Waals surface area contributed by atoms with Crippen LogP contribution in [0.5, 0.6) is 0 Å². The molecule has 0 radical (unpaired) electrons. The van der Waals surface area contributed by atoms with Gasteiger partial charge in [-0.3, -0.25) is 0 Å². The van der Waals surface area contributed by atoms with Gasteiger partial charge in [-0.25, -0.2) is 0 Å². The summed E-state index contributed by atoms with van der Waals surface area (Å²) < 4.78 is 10.1. The Morgan fingerprint density at radius 3 is 3.07 bits per heavy atom. The molecule has 1 unspecified atom stereocenters. The van der Waals surface area contributed by atoms with E-state index in [2.05, 4.69) is 0 Å². The lowest BCUT2D eigenvalue weighted by atomic mass is 10.1. The summed E-state index contributed by atoms with van der Waals surface area (Å²) in [5.41, 5.74) is 1.05. The van der Waals surface area contributed by atoms with Crippen molar-refractivity contribution in [3.05, 3.63) is 24.2 Å². The fourth-order valence-corrected chi connectivity index (χ4v) is 1.35. The van der Waals surface area contributed by atoms with E-state index in [4.69, 9.17) is 9.15 Å². The molecule has 1 rings (SSSR count). The molecule has 14 heavy (non-hydrogen) atoms. The molecule has 0 saturated heterocycles. The maximum atomic E-state index is 9.62.